The van der Waals surface area contributed by atoms with Crippen LogP contribution in [0.4, 0.5) is 0 Å². The fraction of sp³-hybridized carbons (Fsp3) is 0.571. The summed E-state index contributed by atoms with van der Waals surface area (Å²) in [7, 11) is 5.16. The summed E-state index contributed by atoms with van der Waals surface area (Å²) in [5.74, 6) is -1.48. The van der Waals surface area contributed by atoms with Gasteiger partial charge in [0.1, 0.15) is 12.6 Å². The highest BCUT2D eigenvalue weighted by Crippen LogP contribution is 2.11. The maximum absolute atomic E-state index is 12.1. The lowest BCUT2D eigenvalue weighted by Gasteiger charge is -2.28. The maximum Gasteiger partial charge on any atom is 0.250 e. The van der Waals surface area contributed by atoms with Crippen molar-refractivity contribution in [2.75, 3.05) is 34.3 Å². The molecule has 122 valence electrons. The van der Waals surface area contributed by atoms with Crippen LogP contribution in [0.2, 0.25) is 0 Å². The lowest BCUT2D eigenvalue weighted by molar-refractivity contribution is -0.142. The van der Waals surface area contributed by atoms with Crippen LogP contribution >= 0.6 is 0 Å². The van der Waals surface area contributed by atoms with E-state index in [0.717, 1.165) is 6.08 Å². The van der Waals surface area contributed by atoms with Crippen LogP contribution in [0, 0.1) is 0 Å². The Balaban J connectivity index is 2.64. The molecule has 0 aliphatic carbocycles. The van der Waals surface area contributed by atoms with Crippen molar-refractivity contribution in [1.82, 2.24) is 15.1 Å². The number of aldehydes is 1. The van der Waals surface area contributed by atoms with E-state index in [-0.39, 0.29) is 31.1 Å². The van der Waals surface area contributed by atoms with Gasteiger partial charge in [0.15, 0.2) is 12.0 Å². The third kappa shape index (κ3) is 5.28. The van der Waals surface area contributed by atoms with Crippen LogP contribution in [-0.4, -0.2) is 74.1 Å². The minimum Gasteiger partial charge on any atom is -0.489 e. The lowest BCUT2D eigenvalue weighted by Crippen LogP contribution is -2.52. The number of likely N-dealkylation sites (N-methyl/N-ethyl adjacent to an activating group) is 2. The second-order valence-electron chi connectivity index (χ2n) is 5.23. The summed E-state index contributed by atoms with van der Waals surface area (Å²) in [6.07, 6.45) is 1.94. The number of hydrogen-bond acceptors (Lipinski definition) is 6. The average molecular weight is 311 g/mol. The summed E-state index contributed by atoms with van der Waals surface area (Å²) >= 11 is 0. The number of rotatable bonds is 7. The first kappa shape index (κ1) is 17.8. The van der Waals surface area contributed by atoms with Crippen molar-refractivity contribution in [2.45, 2.75) is 18.9 Å². The smallest absolute Gasteiger partial charge is 0.250 e. The molecule has 0 aromatic heterocycles. The second-order valence-corrected chi connectivity index (χ2v) is 5.23. The van der Waals surface area contributed by atoms with Gasteiger partial charge in [-0.05, 0) is 20.5 Å². The number of carbonyl (C=O) groups excluding carboxylic acids is 4. The molecule has 8 heteroatoms. The summed E-state index contributed by atoms with van der Waals surface area (Å²) in [5.41, 5.74) is 0. The summed E-state index contributed by atoms with van der Waals surface area (Å²) in [6, 6.07) is -0.726. The van der Waals surface area contributed by atoms with Crippen LogP contribution in [0.3, 0.4) is 0 Å². The van der Waals surface area contributed by atoms with E-state index >= 15 is 0 Å². The topological polar surface area (TPSA) is 96.0 Å². The monoisotopic (exact) mass is 311 g/mol. The van der Waals surface area contributed by atoms with Crippen LogP contribution in [0.1, 0.15) is 12.8 Å². The van der Waals surface area contributed by atoms with Gasteiger partial charge in [0, 0.05) is 26.1 Å². The number of imide groups is 1. The Hall–Kier alpha value is -2.22. The predicted octanol–water partition coefficient (Wildman–Crippen LogP) is -1.09. The van der Waals surface area contributed by atoms with Gasteiger partial charge in [0.25, 0.3) is 5.91 Å². The number of carbonyl (C=O) groups is 4. The average Bonchev–Trinajstić information content (AvgIpc) is 2.45. The zero-order valence-corrected chi connectivity index (χ0v) is 13.0. The third-order valence-corrected chi connectivity index (χ3v) is 3.21. The highest BCUT2D eigenvalue weighted by Gasteiger charge is 2.31. The summed E-state index contributed by atoms with van der Waals surface area (Å²) in [6.45, 7) is 0.870. The minimum absolute atomic E-state index is 0.0917. The highest BCUT2D eigenvalue weighted by atomic mass is 16.5. The molecule has 0 saturated carbocycles. The van der Waals surface area contributed by atoms with E-state index in [1.54, 1.807) is 0 Å². The van der Waals surface area contributed by atoms with Crippen molar-refractivity contribution in [3.8, 4) is 0 Å². The number of allylic oxidation sites excluding steroid dienone is 1. The van der Waals surface area contributed by atoms with Crippen LogP contribution in [0.25, 0.3) is 0 Å². The first-order valence-corrected chi connectivity index (χ1v) is 6.90. The fourth-order valence-electron chi connectivity index (χ4n) is 1.88. The summed E-state index contributed by atoms with van der Waals surface area (Å²) in [4.78, 5) is 48.9. The van der Waals surface area contributed by atoms with Gasteiger partial charge >= 0.3 is 0 Å². The van der Waals surface area contributed by atoms with Gasteiger partial charge in [-0.3, -0.25) is 24.5 Å². The van der Waals surface area contributed by atoms with E-state index in [2.05, 4.69) is 5.32 Å². The van der Waals surface area contributed by atoms with Crippen LogP contribution in [0.15, 0.2) is 11.8 Å². The van der Waals surface area contributed by atoms with Gasteiger partial charge in [-0.1, -0.05) is 0 Å². The summed E-state index contributed by atoms with van der Waals surface area (Å²) in [5, 5.41) is 2.18. The van der Waals surface area contributed by atoms with Gasteiger partial charge in [-0.15, -0.1) is 0 Å². The number of amides is 3. The van der Waals surface area contributed by atoms with Crippen molar-refractivity contribution in [3.05, 3.63) is 11.8 Å². The van der Waals surface area contributed by atoms with Crippen molar-refractivity contribution in [1.29, 1.82) is 0 Å². The maximum atomic E-state index is 12.1. The Morgan fingerprint density at radius 3 is 2.59 bits per heavy atom. The number of nitrogens with one attached hydrogen (secondary N) is 1. The molecule has 1 aliphatic rings. The molecular formula is C14H21N3O5. The van der Waals surface area contributed by atoms with E-state index in [9.17, 15) is 19.2 Å². The van der Waals surface area contributed by atoms with Gasteiger partial charge in [-0.25, -0.2) is 0 Å². The predicted molar refractivity (Wildman–Crippen MR) is 77.6 cm³/mol. The Labute approximate surface area is 129 Å². The Morgan fingerprint density at radius 1 is 1.36 bits per heavy atom. The van der Waals surface area contributed by atoms with Crippen molar-refractivity contribution >= 4 is 24.0 Å². The van der Waals surface area contributed by atoms with Gasteiger partial charge in [-0.2, -0.15) is 0 Å². The quantitative estimate of drug-likeness (QED) is 0.278. The fourth-order valence-corrected chi connectivity index (χ4v) is 1.88. The highest BCUT2D eigenvalue weighted by molar-refractivity contribution is 6.03. The SMILES string of the molecule is CN(C)CCO/C(C=O)=C/C(=O)N(C)C1CCC(=O)NC1=O. The molecule has 1 N–H and O–H groups in total. The van der Waals surface area contributed by atoms with E-state index in [1.165, 1.54) is 11.9 Å². The first-order chi connectivity index (χ1) is 10.3. The molecule has 0 spiro atoms. The van der Waals surface area contributed by atoms with E-state index in [1.807, 2.05) is 19.0 Å². The largest absolute Gasteiger partial charge is 0.489 e. The number of piperidine rings is 1. The van der Waals surface area contributed by atoms with E-state index in [0.29, 0.717) is 12.8 Å². The molecule has 0 aromatic carbocycles. The molecule has 3 amide bonds. The van der Waals surface area contributed by atoms with E-state index in [4.69, 9.17) is 4.74 Å². The summed E-state index contributed by atoms with van der Waals surface area (Å²) < 4.78 is 5.20. The standard InChI is InChI=1S/C14H21N3O5/c1-16(2)6-7-22-10(9-18)8-13(20)17(3)11-4-5-12(19)15-14(11)21/h8-9,11H,4-7H2,1-3H3,(H,15,19,21)/b10-8+. The van der Waals surface area contributed by atoms with Crippen LogP contribution in [-0.2, 0) is 23.9 Å². The molecule has 1 saturated heterocycles. The molecule has 1 fully saturated rings. The number of hydrogen-bond donors (Lipinski definition) is 1. The Bertz CT molecular complexity index is 487. The second kappa shape index (κ2) is 8.28. The molecule has 1 rings (SSSR count). The Morgan fingerprint density at radius 2 is 2.05 bits per heavy atom. The normalized spacial score (nSPS) is 18.9. The molecule has 1 aliphatic heterocycles. The molecule has 22 heavy (non-hydrogen) atoms. The molecular weight excluding hydrogens is 290 g/mol. The molecule has 1 heterocycles. The van der Waals surface area contributed by atoms with Gasteiger partial charge in [0.05, 0.1) is 0 Å². The molecule has 0 aromatic rings. The lowest BCUT2D eigenvalue weighted by atomic mass is 10.0. The number of ether oxygens (including phenoxy) is 1. The molecule has 1 unspecified atom stereocenters. The van der Waals surface area contributed by atoms with E-state index < -0.39 is 17.9 Å². The first-order valence-electron chi connectivity index (χ1n) is 6.90. The van der Waals surface area contributed by atoms with Crippen LogP contribution in [0.5, 0.6) is 0 Å². The zero-order chi connectivity index (χ0) is 16.7. The van der Waals surface area contributed by atoms with Crippen molar-refractivity contribution in [2.24, 2.45) is 0 Å². The van der Waals surface area contributed by atoms with Crippen molar-refractivity contribution in [3.63, 3.8) is 0 Å². The van der Waals surface area contributed by atoms with Crippen molar-refractivity contribution < 1.29 is 23.9 Å². The van der Waals surface area contributed by atoms with Gasteiger partial charge < -0.3 is 14.5 Å². The zero-order valence-electron chi connectivity index (χ0n) is 13.0. The molecule has 8 nitrogen and oxygen atoms in total. The van der Waals surface area contributed by atoms with Crippen LogP contribution < -0.4 is 5.32 Å². The van der Waals surface area contributed by atoms with Gasteiger partial charge in [0.2, 0.25) is 11.8 Å². The minimum atomic E-state index is -0.726. The third-order valence-electron chi connectivity index (χ3n) is 3.21. The molecule has 0 radical (unpaired) electrons. The number of nitrogens with zero attached hydrogens (tertiary/aromatic N) is 2. The molecule has 0 bridgehead atoms. The molecule has 1 atom stereocenters. The Kier molecular flexibility index (Phi) is 6.71.